The molecule has 0 bridgehead atoms. The summed E-state index contributed by atoms with van der Waals surface area (Å²) in [5.41, 5.74) is 2.56. The van der Waals surface area contributed by atoms with Crippen LogP contribution in [0.15, 0.2) is 18.2 Å². The number of benzene rings is 1. The number of fused-ring (bicyclic) bond motifs is 1. The number of ether oxygens (including phenoxy) is 2. The first-order valence-electron chi connectivity index (χ1n) is 7.07. The molecular weight excluding hydrogens is 254 g/mol. The third-order valence-electron chi connectivity index (χ3n) is 3.93. The van der Waals surface area contributed by atoms with Crippen molar-refractivity contribution in [3.05, 3.63) is 29.3 Å². The van der Waals surface area contributed by atoms with Gasteiger partial charge in [-0.1, -0.05) is 19.9 Å². The summed E-state index contributed by atoms with van der Waals surface area (Å²) in [6.07, 6.45) is 2.03. The second-order valence-corrected chi connectivity index (χ2v) is 5.57. The SMILES string of the molecule is COC(=O)C(NC1CCc2ccc(OC)cc21)C(C)C. The van der Waals surface area contributed by atoms with Crippen LogP contribution in [-0.4, -0.2) is 26.2 Å². The number of hydrogen-bond acceptors (Lipinski definition) is 4. The van der Waals surface area contributed by atoms with Crippen molar-refractivity contribution in [2.45, 2.75) is 38.8 Å². The van der Waals surface area contributed by atoms with Crippen LogP contribution in [0.1, 0.15) is 37.4 Å². The fraction of sp³-hybridized carbons (Fsp3) is 0.562. The largest absolute Gasteiger partial charge is 0.497 e. The summed E-state index contributed by atoms with van der Waals surface area (Å²) in [4.78, 5) is 11.9. The van der Waals surface area contributed by atoms with Crippen LogP contribution in [-0.2, 0) is 16.0 Å². The second kappa shape index (κ2) is 6.27. The van der Waals surface area contributed by atoms with E-state index in [9.17, 15) is 4.79 Å². The van der Waals surface area contributed by atoms with Crippen LogP contribution < -0.4 is 10.1 Å². The van der Waals surface area contributed by atoms with Crippen molar-refractivity contribution < 1.29 is 14.3 Å². The summed E-state index contributed by atoms with van der Waals surface area (Å²) in [5.74, 6) is 0.852. The molecule has 0 saturated heterocycles. The lowest BCUT2D eigenvalue weighted by atomic mass is 10.0. The molecule has 110 valence electrons. The van der Waals surface area contributed by atoms with Crippen molar-refractivity contribution in [3.8, 4) is 5.75 Å². The predicted molar refractivity (Wildman–Crippen MR) is 77.8 cm³/mol. The molecule has 0 fully saturated rings. The van der Waals surface area contributed by atoms with Gasteiger partial charge in [0.2, 0.25) is 0 Å². The van der Waals surface area contributed by atoms with Gasteiger partial charge in [-0.05, 0) is 42.0 Å². The molecule has 2 rings (SSSR count). The number of carbonyl (C=O) groups excluding carboxylic acids is 1. The zero-order valence-corrected chi connectivity index (χ0v) is 12.6. The maximum atomic E-state index is 11.9. The molecule has 0 aromatic heterocycles. The maximum Gasteiger partial charge on any atom is 0.323 e. The molecule has 4 nitrogen and oxygen atoms in total. The van der Waals surface area contributed by atoms with Gasteiger partial charge in [-0.15, -0.1) is 0 Å². The summed E-state index contributed by atoms with van der Waals surface area (Å²) in [6, 6.07) is 6.07. The van der Waals surface area contributed by atoms with E-state index >= 15 is 0 Å². The van der Waals surface area contributed by atoms with Gasteiger partial charge in [-0.2, -0.15) is 0 Å². The monoisotopic (exact) mass is 277 g/mol. The molecule has 0 aliphatic heterocycles. The quantitative estimate of drug-likeness (QED) is 0.840. The number of hydrogen-bond donors (Lipinski definition) is 1. The standard InChI is InChI=1S/C16H23NO3/c1-10(2)15(16(18)20-4)17-14-8-6-11-5-7-12(19-3)9-13(11)14/h5,7,9-10,14-15,17H,6,8H2,1-4H3. The topological polar surface area (TPSA) is 47.6 Å². The highest BCUT2D eigenvalue weighted by atomic mass is 16.5. The molecule has 1 aromatic carbocycles. The molecular formula is C16H23NO3. The fourth-order valence-electron chi connectivity index (χ4n) is 2.76. The van der Waals surface area contributed by atoms with Crippen LogP contribution in [0.5, 0.6) is 5.75 Å². The van der Waals surface area contributed by atoms with Crippen LogP contribution in [0, 0.1) is 5.92 Å². The average Bonchev–Trinajstić information content (AvgIpc) is 2.85. The van der Waals surface area contributed by atoms with E-state index in [0.29, 0.717) is 0 Å². The van der Waals surface area contributed by atoms with Crippen molar-refractivity contribution in [1.29, 1.82) is 0 Å². The van der Waals surface area contributed by atoms with Crippen LogP contribution in [0.2, 0.25) is 0 Å². The van der Waals surface area contributed by atoms with E-state index in [1.54, 1.807) is 7.11 Å². The summed E-state index contributed by atoms with van der Waals surface area (Å²) >= 11 is 0. The lowest BCUT2D eigenvalue weighted by Gasteiger charge is -2.24. The Bertz CT molecular complexity index is 485. The minimum absolute atomic E-state index is 0.187. The molecule has 0 spiro atoms. The fourth-order valence-corrected chi connectivity index (χ4v) is 2.76. The highest BCUT2D eigenvalue weighted by Crippen LogP contribution is 2.34. The van der Waals surface area contributed by atoms with Crippen LogP contribution in [0.3, 0.4) is 0 Å². The van der Waals surface area contributed by atoms with Gasteiger partial charge in [0, 0.05) is 6.04 Å². The summed E-state index contributed by atoms with van der Waals surface area (Å²) < 4.78 is 10.2. The molecule has 0 amide bonds. The first kappa shape index (κ1) is 14.9. The van der Waals surface area contributed by atoms with E-state index in [2.05, 4.69) is 17.4 Å². The summed E-state index contributed by atoms with van der Waals surface area (Å²) in [5, 5.41) is 3.44. The van der Waals surface area contributed by atoms with Crippen molar-refractivity contribution >= 4 is 5.97 Å². The zero-order chi connectivity index (χ0) is 14.7. The Balaban J connectivity index is 2.18. The number of esters is 1. The lowest BCUT2D eigenvalue weighted by Crippen LogP contribution is -2.43. The minimum Gasteiger partial charge on any atom is -0.497 e. The van der Waals surface area contributed by atoms with Gasteiger partial charge in [0.1, 0.15) is 11.8 Å². The summed E-state index contributed by atoms with van der Waals surface area (Å²) in [7, 11) is 3.11. The van der Waals surface area contributed by atoms with Crippen molar-refractivity contribution in [2.75, 3.05) is 14.2 Å². The number of aryl methyl sites for hydroxylation is 1. The van der Waals surface area contributed by atoms with Gasteiger partial charge in [-0.3, -0.25) is 10.1 Å². The minimum atomic E-state index is -0.276. The van der Waals surface area contributed by atoms with E-state index in [1.165, 1.54) is 18.2 Å². The third-order valence-corrected chi connectivity index (χ3v) is 3.93. The predicted octanol–water partition coefficient (Wildman–Crippen LogP) is 2.47. The van der Waals surface area contributed by atoms with Gasteiger partial charge >= 0.3 is 5.97 Å². The number of rotatable bonds is 5. The first-order chi connectivity index (χ1) is 9.56. The molecule has 1 N–H and O–H groups in total. The van der Waals surface area contributed by atoms with E-state index < -0.39 is 0 Å². The van der Waals surface area contributed by atoms with Crippen molar-refractivity contribution in [1.82, 2.24) is 5.32 Å². The molecule has 1 aliphatic carbocycles. The highest BCUT2D eigenvalue weighted by Gasteiger charge is 2.30. The lowest BCUT2D eigenvalue weighted by molar-refractivity contribution is -0.144. The molecule has 4 heteroatoms. The van der Waals surface area contributed by atoms with E-state index in [4.69, 9.17) is 9.47 Å². The number of nitrogens with one attached hydrogen (secondary N) is 1. The molecule has 0 heterocycles. The highest BCUT2D eigenvalue weighted by molar-refractivity contribution is 5.76. The average molecular weight is 277 g/mol. The number of methoxy groups -OCH3 is 2. The number of carbonyl (C=O) groups is 1. The van der Waals surface area contributed by atoms with Gasteiger partial charge < -0.3 is 9.47 Å². The van der Waals surface area contributed by atoms with Gasteiger partial charge in [0.25, 0.3) is 0 Å². The molecule has 2 atom stereocenters. The Morgan fingerprint density at radius 2 is 2.10 bits per heavy atom. The van der Waals surface area contributed by atoms with Gasteiger partial charge in [0.05, 0.1) is 14.2 Å². The van der Waals surface area contributed by atoms with Crippen molar-refractivity contribution in [3.63, 3.8) is 0 Å². The second-order valence-electron chi connectivity index (χ2n) is 5.57. The Labute approximate surface area is 120 Å². The molecule has 0 saturated carbocycles. The molecule has 20 heavy (non-hydrogen) atoms. The normalized spacial score (nSPS) is 18.8. The maximum absolute atomic E-state index is 11.9. The van der Waals surface area contributed by atoms with Crippen LogP contribution in [0.25, 0.3) is 0 Å². The van der Waals surface area contributed by atoms with Gasteiger partial charge in [0.15, 0.2) is 0 Å². The van der Waals surface area contributed by atoms with E-state index in [1.807, 2.05) is 19.9 Å². The Morgan fingerprint density at radius 1 is 1.35 bits per heavy atom. The van der Waals surface area contributed by atoms with Gasteiger partial charge in [-0.25, -0.2) is 0 Å². The van der Waals surface area contributed by atoms with Crippen LogP contribution in [0.4, 0.5) is 0 Å². The molecule has 2 unspecified atom stereocenters. The van der Waals surface area contributed by atoms with Crippen molar-refractivity contribution in [2.24, 2.45) is 5.92 Å². The van der Waals surface area contributed by atoms with E-state index in [-0.39, 0.29) is 24.0 Å². The van der Waals surface area contributed by atoms with E-state index in [0.717, 1.165) is 18.6 Å². The zero-order valence-electron chi connectivity index (χ0n) is 12.6. The summed E-state index contributed by atoms with van der Waals surface area (Å²) in [6.45, 7) is 4.05. The van der Waals surface area contributed by atoms with Crippen LogP contribution >= 0.6 is 0 Å². The smallest absolute Gasteiger partial charge is 0.323 e. The molecule has 1 aliphatic rings. The molecule has 0 radical (unpaired) electrons. The Morgan fingerprint density at radius 3 is 2.70 bits per heavy atom. The Hall–Kier alpha value is -1.55. The Kier molecular flexibility index (Phi) is 4.65. The molecule has 1 aromatic rings. The third kappa shape index (κ3) is 2.96. The first-order valence-corrected chi connectivity index (χ1v) is 7.07.